The first-order valence-corrected chi connectivity index (χ1v) is 6.58. The lowest BCUT2D eigenvalue weighted by Crippen LogP contribution is -2.46. The molecule has 0 bridgehead atoms. The highest BCUT2D eigenvalue weighted by Gasteiger charge is 2.17. The summed E-state index contributed by atoms with van der Waals surface area (Å²) in [6.07, 6.45) is 3.43. The van der Waals surface area contributed by atoms with Crippen LogP contribution in [-0.2, 0) is 4.79 Å². The summed E-state index contributed by atoms with van der Waals surface area (Å²) in [5.41, 5.74) is 0. The molecule has 3 heteroatoms. The predicted octanol–water partition coefficient (Wildman–Crippen LogP) is 2.32. The molecule has 3 unspecified atom stereocenters. The second kappa shape index (κ2) is 8.57. The second-order valence-corrected chi connectivity index (χ2v) is 4.64. The van der Waals surface area contributed by atoms with E-state index in [0.29, 0.717) is 12.6 Å². The standard InChI is InChI=1S/C13H28N2O/c1-6-10(4)9-12(7-2)15-11(5)13(16)14-8-3/h10-12,15H,6-9H2,1-5H3,(H,14,16). The van der Waals surface area contributed by atoms with Gasteiger partial charge in [-0.3, -0.25) is 4.79 Å². The predicted molar refractivity (Wildman–Crippen MR) is 69.4 cm³/mol. The van der Waals surface area contributed by atoms with Crippen molar-refractivity contribution in [3.63, 3.8) is 0 Å². The maximum Gasteiger partial charge on any atom is 0.236 e. The molecule has 0 aromatic rings. The molecule has 0 spiro atoms. The van der Waals surface area contributed by atoms with Gasteiger partial charge in [-0.1, -0.05) is 27.2 Å². The number of hydrogen-bond acceptors (Lipinski definition) is 2. The zero-order chi connectivity index (χ0) is 12.6. The zero-order valence-electron chi connectivity index (χ0n) is 11.5. The van der Waals surface area contributed by atoms with Gasteiger partial charge in [0, 0.05) is 12.6 Å². The van der Waals surface area contributed by atoms with Gasteiger partial charge in [-0.2, -0.15) is 0 Å². The summed E-state index contributed by atoms with van der Waals surface area (Å²) in [7, 11) is 0. The molecule has 1 amide bonds. The van der Waals surface area contributed by atoms with Gasteiger partial charge in [-0.05, 0) is 32.6 Å². The first-order chi connectivity index (χ1) is 7.54. The second-order valence-electron chi connectivity index (χ2n) is 4.64. The molecule has 0 saturated carbocycles. The molecule has 0 aliphatic heterocycles. The fourth-order valence-corrected chi connectivity index (χ4v) is 1.76. The SMILES string of the molecule is CCNC(=O)C(C)NC(CC)CC(C)CC. The number of rotatable bonds is 8. The molecule has 3 atom stereocenters. The molecule has 16 heavy (non-hydrogen) atoms. The highest BCUT2D eigenvalue weighted by molar-refractivity contribution is 5.81. The molecule has 0 aromatic carbocycles. The maximum atomic E-state index is 11.6. The van der Waals surface area contributed by atoms with Crippen LogP contribution in [0.5, 0.6) is 0 Å². The van der Waals surface area contributed by atoms with Crippen molar-refractivity contribution in [3.8, 4) is 0 Å². The third kappa shape index (κ3) is 6.11. The van der Waals surface area contributed by atoms with Gasteiger partial charge in [0.2, 0.25) is 5.91 Å². The smallest absolute Gasteiger partial charge is 0.236 e. The minimum Gasteiger partial charge on any atom is -0.355 e. The number of nitrogens with one attached hydrogen (secondary N) is 2. The van der Waals surface area contributed by atoms with E-state index >= 15 is 0 Å². The number of amides is 1. The van der Waals surface area contributed by atoms with Gasteiger partial charge >= 0.3 is 0 Å². The van der Waals surface area contributed by atoms with Gasteiger partial charge in [0.15, 0.2) is 0 Å². The monoisotopic (exact) mass is 228 g/mol. The van der Waals surface area contributed by atoms with Crippen molar-refractivity contribution in [2.75, 3.05) is 6.54 Å². The molecular weight excluding hydrogens is 200 g/mol. The summed E-state index contributed by atoms with van der Waals surface area (Å²) in [4.78, 5) is 11.6. The first-order valence-electron chi connectivity index (χ1n) is 6.58. The van der Waals surface area contributed by atoms with Crippen LogP contribution >= 0.6 is 0 Å². The third-order valence-electron chi connectivity index (χ3n) is 3.11. The molecule has 2 N–H and O–H groups in total. The van der Waals surface area contributed by atoms with Crippen LogP contribution in [0.3, 0.4) is 0 Å². The Morgan fingerprint density at radius 3 is 2.19 bits per heavy atom. The first kappa shape index (κ1) is 15.4. The van der Waals surface area contributed by atoms with Crippen LogP contribution in [0.1, 0.15) is 53.9 Å². The minimum absolute atomic E-state index is 0.0889. The van der Waals surface area contributed by atoms with Crippen LogP contribution in [0.4, 0.5) is 0 Å². The normalized spacial score (nSPS) is 16.6. The average Bonchev–Trinajstić information content (AvgIpc) is 2.27. The quantitative estimate of drug-likeness (QED) is 0.669. The number of likely N-dealkylation sites (N-methyl/N-ethyl adjacent to an activating group) is 1. The lowest BCUT2D eigenvalue weighted by atomic mass is 9.97. The van der Waals surface area contributed by atoms with Crippen LogP contribution in [0.25, 0.3) is 0 Å². The molecule has 96 valence electrons. The van der Waals surface area contributed by atoms with E-state index in [1.165, 1.54) is 6.42 Å². The molecule has 0 aliphatic carbocycles. The number of carbonyl (C=O) groups excluding carboxylic acids is 1. The van der Waals surface area contributed by atoms with E-state index in [0.717, 1.165) is 18.8 Å². The van der Waals surface area contributed by atoms with Crippen molar-refractivity contribution in [3.05, 3.63) is 0 Å². The maximum absolute atomic E-state index is 11.6. The Hall–Kier alpha value is -0.570. The molecule has 0 aliphatic rings. The fourth-order valence-electron chi connectivity index (χ4n) is 1.76. The Balaban J connectivity index is 4.05. The Morgan fingerprint density at radius 1 is 1.12 bits per heavy atom. The highest BCUT2D eigenvalue weighted by Crippen LogP contribution is 2.12. The Morgan fingerprint density at radius 2 is 1.75 bits per heavy atom. The van der Waals surface area contributed by atoms with Gasteiger partial charge in [-0.25, -0.2) is 0 Å². The van der Waals surface area contributed by atoms with E-state index < -0.39 is 0 Å². The molecule has 0 saturated heterocycles. The van der Waals surface area contributed by atoms with E-state index in [1.807, 2.05) is 13.8 Å². The Kier molecular flexibility index (Phi) is 8.26. The molecule has 0 fully saturated rings. The van der Waals surface area contributed by atoms with Gasteiger partial charge in [0.05, 0.1) is 6.04 Å². The topological polar surface area (TPSA) is 41.1 Å². The summed E-state index contributed by atoms with van der Waals surface area (Å²) in [6, 6.07) is 0.363. The van der Waals surface area contributed by atoms with Gasteiger partial charge in [0.25, 0.3) is 0 Å². The van der Waals surface area contributed by atoms with Gasteiger partial charge in [0.1, 0.15) is 0 Å². The van der Waals surface area contributed by atoms with Crippen molar-refractivity contribution < 1.29 is 4.79 Å². The van der Waals surface area contributed by atoms with Crippen molar-refractivity contribution >= 4 is 5.91 Å². The summed E-state index contributed by atoms with van der Waals surface area (Å²) in [5.74, 6) is 0.823. The van der Waals surface area contributed by atoms with E-state index in [4.69, 9.17) is 0 Å². The molecular formula is C13H28N2O. The summed E-state index contributed by atoms with van der Waals surface area (Å²) >= 11 is 0. The molecule has 0 aromatic heterocycles. The van der Waals surface area contributed by atoms with Crippen molar-refractivity contribution in [2.24, 2.45) is 5.92 Å². The summed E-state index contributed by atoms with van der Waals surface area (Å²) < 4.78 is 0. The zero-order valence-corrected chi connectivity index (χ0v) is 11.5. The van der Waals surface area contributed by atoms with E-state index in [-0.39, 0.29) is 11.9 Å². The molecule has 3 nitrogen and oxygen atoms in total. The van der Waals surface area contributed by atoms with E-state index in [2.05, 4.69) is 31.4 Å². The van der Waals surface area contributed by atoms with Crippen LogP contribution in [0.2, 0.25) is 0 Å². The Labute approximate surface area is 100 Å². The average molecular weight is 228 g/mol. The highest BCUT2D eigenvalue weighted by atomic mass is 16.2. The van der Waals surface area contributed by atoms with Crippen LogP contribution < -0.4 is 10.6 Å². The lowest BCUT2D eigenvalue weighted by molar-refractivity contribution is -0.122. The van der Waals surface area contributed by atoms with Gasteiger partial charge < -0.3 is 10.6 Å². The number of carbonyl (C=O) groups is 1. The molecule has 0 radical (unpaired) electrons. The third-order valence-corrected chi connectivity index (χ3v) is 3.11. The van der Waals surface area contributed by atoms with Crippen molar-refractivity contribution in [1.82, 2.24) is 10.6 Å². The summed E-state index contributed by atoms with van der Waals surface area (Å²) in [6.45, 7) is 11.2. The molecule has 0 heterocycles. The number of hydrogen-bond donors (Lipinski definition) is 2. The van der Waals surface area contributed by atoms with Crippen molar-refractivity contribution in [1.29, 1.82) is 0 Å². The van der Waals surface area contributed by atoms with Crippen LogP contribution in [0.15, 0.2) is 0 Å². The lowest BCUT2D eigenvalue weighted by Gasteiger charge is -2.24. The van der Waals surface area contributed by atoms with Crippen LogP contribution in [-0.4, -0.2) is 24.5 Å². The Bertz CT molecular complexity index is 194. The fraction of sp³-hybridized carbons (Fsp3) is 0.923. The van der Waals surface area contributed by atoms with Gasteiger partial charge in [-0.15, -0.1) is 0 Å². The summed E-state index contributed by atoms with van der Waals surface area (Å²) in [5, 5.41) is 6.25. The molecule has 0 rings (SSSR count). The van der Waals surface area contributed by atoms with E-state index in [9.17, 15) is 4.79 Å². The largest absolute Gasteiger partial charge is 0.355 e. The minimum atomic E-state index is -0.0889. The van der Waals surface area contributed by atoms with Crippen LogP contribution in [0, 0.1) is 5.92 Å². The van der Waals surface area contributed by atoms with E-state index in [1.54, 1.807) is 0 Å². The van der Waals surface area contributed by atoms with Crippen molar-refractivity contribution in [2.45, 2.75) is 66.0 Å².